The number of carbonyl (C=O) groups is 2. The summed E-state index contributed by atoms with van der Waals surface area (Å²) < 4.78 is 10.8. The van der Waals surface area contributed by atoms with Crippen LogP contribution in [0.5, 0.6) is 0 Å². The second kappa shape index (κ2) is 9.16. The van der Waals surface area contributed by atoms with Crippen LogP contribution >= 0.6 is 0 Å². The van der Waals surface area contributed by atoms with E-state index in [9.17, 15) is 19.8 Å². The molecule has 0 radical (unpaired) electrons. The number of hydrogen-bond acceptors (Lipinski definition) is 7. The SMILES string of the molecule is CCCC(=O)CCO[C@@H]1OC(CO)[C@H](O)[C@H](O)C1NC(C)=O. The molecule has 128 valence electrons. The average molecular weight is 319 g/mol. The molecule has 1 saturated heterocycles. The molecule has 1 amide bonds. The molecule has 0 saturated carbocycles. The lowest BCUT2D eigenvalue weighted by Crippen LogP contribution is -2.64. The quantitative estimate of drug-likeness (QED) is 0.438. The third-order valence-corrected chi connectivity index (χ3v) is 3.44. The van der Waals surface area contributed by atoms with Gasteiger partial charge in [-0.3, -0.25) is 9.59 Å². The molecule has 5 atom stereocenters. The van der Waals surface area contributed by atoms with Crippen molar-refractivity contribution in [1.29, 1.82) is 0 Å². The molecule has 0 aromatic heterocycles. The average Bonchev–Trinajstić information content (AvgIpc) is 2.46. The molecule has 8 heteroatoms. The molecule has 1 fully saturated rings. The van der Waals surface area contributed by atoms with E-state index in [-0.39, 0.29) is 18.8 Å². The van der Waals surface area contributed by atoms with Crippen molar-refractivity contribution in [3.8, 4) is 0 Å². The number of ketones is 1. The summed E-state index contributed by atoms with van der Waals surface area (Å²) in [6, 6.07) is -0.975. The van der Waals surface area contributed by atoms with Gasteiger partial charge in [0.2, 0.25) is 5.91 Å². The van der Waals surface area contributed by atoms with E-state index in [0.29, 0.717) is 6.42 Å². The highest BCUT2D eigenvalue weighted by molar-refractivity contribution is 5.78. The fourth-order valence-electron chi connectivity index (χ4n) is 2.31. The zero-order valence-corrected chi connectivity index (χ0v) is 12.9. The Kier molecular flexibility index (Phi) is 7.91. The Morgan fingerprint density at radius 2 is 1.91 bits per heavy atom. The first-order chi connectivity index (χ1) is 10.4. The standard InChI is InChI=1S/C14H25NO7/c1-3-4-9(18)5-6-21-14-11(15-8(2)17)13(20)12(19)10(7-16)22-14/h10-14,16,19-20H,3-7H2,1-2H3,(H,15,17)/t10?,11?,12-,13+,14+/m0/s1. The Balaban J connectivity index is 2.64. The van der Waals surface area contributed by atoms with E-state index >= 15 is 0 Å². The van der Waals surface area contributed by atoms with Crippen LogP contribution in [0.1, 0.15) is 33.1 Å². The van der Waals surface area contributed by atoms with E-state index < -0.39 is 43.2 Å². The molecule has 22 heavy (non-hydrogen) atoms. The summed E-state index contributed by atoms with van der Waals surface area (Å²) in [7, 11) is 0. The van der Waals surface area contributed by atoms with Gasteiger partial charge in [-0.2, -0.15) is 0 Å². The zero-order valence-electron chi connectivity index (χ0n) is 12.9. The maximum Gasteiger partial charge on any atom is 0.217 e. The molecular weight excluding hydrogens is 294 g/mol. The predicted octanol–water partition coefficient (Wildman–Crippen LogP) is -1.29. The fraction of sp³-hybridized carbons (Fsp3) is 0.857. The largest absolute Gasteiger partial charge is 0.394 e. The van der Waals surface area contributed by atoms with E-state index in [1.807, 2.05) is 6.92 Å². The van der Waals surface area contributed by atoms with Gasteiger partial charge in [-0.05, 0) is 6.42 Å². The van der Waals surface area contributed by atoms with Crippen molar-refractivity contribution in [2.45, 2.75) is 63.8 Å². The van der Waals surface area contributed by atoms with Gasteiger partial charge in [-0.1, -0.05) is 6.92 Å². The van der Waals surface area contributed by atoms with Crippen molar-refractivity contribution in [2.75, 3.05) is 13.2 Å². The number of rotatable bonds is 8. The highest BCUT2D eigenvalue weighted by atomic mass is 16.7. The molecule has 1 aliphatic rings. The van der Waals surface area contributed by atoms with Crippen LogP contribution in [-0.4, -0.2) is 70.9 Å². The normalized spacial score (nSPS) is 31.8. The van der Waals surface area contributed by atoms with Crippen molar-refractivity contribution in [1.82, 2.24) is 5.32 Å². The molecule has 1 heterocycles. The minimum Gasteiger partial charge on any atom is -0.394 e. The smallest absolute Gasteiger partial charge is 0.217 e. The van der Waals surface area contributed by atoms with E-state index in [1.54, 1.807) is 0 Å². The maximum atomic E-state index is 11.5. The summed E-state index contributed by atoms with van der Waals surface area (Å²) in [5.41, 5.74) is 0. The van der Waals surface area contributed by atoms with E-state index in [4.69, 9.17) is 14.6 Å². The third-order valence-electron chi connectivity index (χ3n) is 3.44. The Labute approximate surface area is 129 Å². The highest BCUT2D eigenvalue weighted by Gasteiger charge is 2.45. The van der Waals surface area contributed by atoms with Gasteiger partial charge in [-0.15, -0.1) is 0 Å². The lowest BCUT2D eigenvalue weighted by atomic mass is 9.97. The van der Waals surface area contributed by atoms with Gasteiger partial charge in [0, 0.05) is 19.8 Å². The van der Waals surface area contributed by atoms with Gasteiger partial charge in [0.15, 0.2) is 6.29 Å². The first kappa shape index (κ1) is 19.0. The van der Waals surface area contributed by atoms with Gasteiger partial charge in [0.1, 0.15) is 30.1 Å². The minimum absolute atomic E-state index is 0.0497. The van der Waals surface area contributed by atoms with E-state index in [0.717, 1.165) is 6.42 Å². The van der Waals surface area contributed by atoms with Crippen molar-refractivity contribution < 1.29 is 34.4 Å². The summed E-state index contributed by atoms with van der Waals surface area (Å²) in [6.45, 7) is 2.73. The Morgan fingerprint density at radius 1 is 1.23 bits per heavy atom. The zero-order chi connectivity index (χ0) is 16.7. The summed E-state index contributed by atoms with van der Waals surface area (Å²) >= 11 is 0. The molecule has 8 nitrogen and oxygen atoms in total. The molecule has 2 unspecified atom stereocenters. The van der Waals surface area contributed by atoms with E-state index in [1.165, 1.54) is 6.92 Å². The van der Waals surface area contributed by atoms with Crippen molar-refractivity contribution in [2.24, 2.45) is 0 Å². The number of aliphatic hydroxyl groups excluding tert-OH is 3. The van der Waals surface area contributed by atoms with Crippen LogP contribution in [-0.2, 0) is 19.1 Å². The molecule has 0 aliphatic carbocycles. The van der Waals surface area contributed by atoms with Crippen LogP contribution < -0.4 is 5.32 Å². The number of carbonyl (C=O) groups excluding carboxylic acids is 2. The highest BCUT2D eigenvalue weighted by Crippen LogP contribution is 2.22. The summed E-state index contributed by atoms with van der Waals surface area (Å²) in [4.78, 5) is 22.7. The second-order valence-corrected chi connectivity index (χ2v) is 5.34. The summed E-state index contributed by atoms with van der Waals surface area (Å²) in [5.74, 6) is -0.369. The van der Waals surface area contributed by atoms with Gasteiger partial charge < -0.3 is 30.1 Å². The van der Waals surface area contributed by atoms with Crippen LogP contribution in [0.4, 0.5) is 0 Å². The van der Waals surface area contributed by atoms with E-state index in [2.05, 4.69) is 5.32 Å². The van der Waals surface area contributed by atoms with Gasteiger partial charge >= 0.3 is 0 Å². The van der Waals surface area contributed by atoms with Crippen molar-refractivity contribution in [3.05, 3.63) is 0 Å². The number of ether oxygens (including phenoxy) is 2. The lowest BCUT2D eigenvalue weighted by Gasteiger charge is -2.42. The van der Waals surface area contributed by atoms with Crippen LogP contribution in [0.3, 0.4) is 0 Å². The number of Topliss-reactive ketones (excluding diaryl/α,β-unsaturated/α-hetero) is 1. The van der Waals surface area contributed by atoms with Gasteiger partial charge in [-0.25, -0.2) is 0 Å². The summed E-state index contributed by atoms with van der Waals surface area (Å²) in [6.07, 6.45) is -3.34. The first-order valence-electron chi connectivity index (χ1n) is 7.43. The molecule has 0 bridgehead atoms. The van der Waals surface area contributed by atoms with Crippen LogP contribution in [0.25, 0.3) is 0 Å². The fourth-order valence-corrected chi connectivity index (χ4v) is 2.31. The minimum atomic E-state index is -1.34. The lowest BCUT2D eigenvalue weighted by molar-refractivity contribution is -0.269. The number of aliphatic hydroxyl groups is 3. The molecule has 1 rings (SSSR count). The number of nitrogens with one attached hydrogen (secondary N) is 1. The van der Waals surface area contributed by atoms with Crippen molar-refractivity contribution >= 4 is 11.7 Å². The monoisotopic (exact) mass is 319 g/mol. The Morgan fingerprint density at radius 3 is 2.45 bits per heavy atom. The molecule has 4 N–H and O–H groups in total. The molecule has 0 aromatic carbocycles. The Bertz CT molecular complexity index is 376. The molecule has 0 spiro atoms. The topological polar surface area (TPSA) is 125 Å². The molecular formula is C14H25NO7. The van der Waals surface area contributed by atoms with Crippen molar-refractivity contribution in [3.63, 3.8) is 0 Å². The molecule has 1 aliphatic heterocycles. The van der Waals surface area contributed by atoms with Crippen LogP contribution in [0.15, 0.2) is 0 Å². The molecule has 0 aromatic rings. The van der Waals surface area contributed by atoms with Crippen LogP contribution in [0.2, 0.25) is 0 Å². The number of amides is 1. The second-order valence-electron chi connectivity index (χ2n) is 5.34. The van der Waals surface area contributed by atoms with Crippen LogP contribution in [0, 0.1) is 0 Å². The van der Waals surface area contributed by atoms with Gasteiger partial charge in [0.05, 0.1) is 13.2 Å². The third kappa shape index (κ3) is 5.29. The predicted molar refractivity (Wildman–Crippen MR) is 75.8 cm³/mol. The summed E-state index contributed by atoms with van der Waals surface area (Å²) in [5, 5.41) is 31.5. The maximum absolute atomic E-state index is 11.5. The number of hydrogen-bond donors (Lipinski definition) is 4. The van der Waals surface area contributed by atoms with Gasteiger partial charge in [0.25, 0.3) is 0 Å². The first-order valence-corrected chi connectivity index (χ1v) is 7.43. The Hall–Kier alpha value is -1.06.